The van der Waals surface area contributed by atoms with Crippen LogP contribution in [-0.4, -0.2) is 31.6 Å². The van der Waals surface area contributed by atoms with Crippen LogP contribution in [0, 0.1) is 11.6 Å². The van der Waals surface area contributed by atoms with Gasteiger partial charge in [0.25, 0.3) is 0 Å². The standard InChI is InChI=1S/C18H17F2N3O3/c1-26-14-4-2-3-13(9-14)23-10-12(8-17(23)24)21-18(25)22-16-6-5-11(19)7-15(16)20/h2-7,9,12H,8,10H2,1H3,(H2,21,22,25)/t12-/m0/s1. The molecule has 1 heterocycles. The third kappa shape index (κ3) is 3.90. The van der Waals surface area contributed by atoms with Gasteiger partial charge in [-0.15, -0.1) is 0 Å². The summed E-state index contributed by atoms with van der Waals surface area (Å²) in [7, 11) is 1.54. The van der Waals surface area contributed by atoms with Crippen LogP contribution < -0.4 is 20.3 Å². The van der Waals surface area contributed by atoms with Crippen LogP contribution in [0.3, 0.4) is 0 Å². The summed E-state index contributed by atoms with van der Waals surface area (Å²) in [6.45, 7) is 0.283. The molecule has 0 radical (unpaired) electrons. The van der Waals surface area contributed by atoms with E-state index in [1.807, 2.05) is 0 Å². The number of ether oxygens (including phenoxy) is 1. The topological polar surface area (TPSA) is 70.7 Å². The van der Waals surface area contributed by atoms with Crippen LogP contribution in [0.4, 0.5) is 25.0 Å². The van der Waals surface area contributed by atoms with Crippen molar-refractivity contribution in [1.29, 1.82) is 0 Å². The van der Waals surface area contributed by atoms with Crippen LogP contribution in [0.15, 0.2) is 42.5 Å². The summed E-state index contributed by atoms with van der Waals surface area (Å²) >= 11 is 0. The molecule has 0 aromatic heterocycles. The molecule has 0 aliphatic carbocycles. The van der Waals surface area contributed by atoms with E-state index in [0.29, 0.717) is 17.5 Å². The summed E-state index contributed by atoms with van der Waals surface area (Å²) in [5, 5.41) is 4.93. The lowest BCUT2D eigenvalue weighted by molar-refractivity contribution is -0.117. The molecule has 136 valence electrons. The highest BCUT2D eigenvalue weighted by atomic mass is 19.1. The molecule has 2 aromatic carbocycles. The number of carbonyl (C=O) groups is 2. The summed E-state index contributed by atoms with van der Waals surface area (Å²) in [5.74, 6) is -1.13. The fourth-order valence-electron chi connectivity index (χ4n) is 2.77. The number of hydrogen-bond donors (Lipinski definition) is 2. The Bertz CT molecular complexity index is 844. The highest BCUT2D eigenvalue weighted by Gasteiger charge is 2.31. The lowest BCUT2D eigenvalue weighted by atomic mass is 10.2. The highest BCUT2D eigenvalue weighted by Crippen LogP contribution is 2.25. The molecule has 1 aliphatic rings. The fourth-order valence-corrected chi connectivity index (χ4v) is 2.77. The van der Waals surface area contributed by atoms with Crippen molar-refractivity contribution in [3.63, 3.8) is 0 Å². The number of methoxy groups -OCH3 is 1. The van der Waals surface area contributed by atoms with Crippen molar-refractivity contribution >= 4 is 23.3 Å². The molecule has 1 atom stereocenters. The van der Waals surface area contributed by atoms with Gasteiger partial charge in [0.2, 0.25) is 5.91 Å². The Morgan fingerprint density at radius 3 is 2.77 bits per heavy atom. The number of anilines is 2. The lowest BCUT2D eigenvalue weighted by Gasteiger charge is -2.18. The Balaban J connectivity index is 1.62. The quantitative estimate of drug-likeness (QED) is 0.880. The van der Waals surface area contributed by atoms with Crippen molar-refractivity contribution in [3.05, 3.63) is 54.1 Å². The van der Waals surface area contributed by atoms with Crippen molar-refractivity contribution in [2.45, 2.75) is 12.5 Å². The van der Waals surface area contributed by atoms with Crippen molar-refractivity contribution in [2.75, 3.05) is 23.9 Å². The molecule has 0 spiro atoms. The number of hydrogen-bond acceptors (Lipinski definition) is 3. The normalized spacial score (nSPS) is 16.5. The molecule has 1 aliphatic heterocycles. The molecule has 0 saturated carbocycles. The van der Waals surface area contributed by atoms with E-state index in [1.165, 1.54) is 7.11 Å². The molecule has 3 rings (SSSR count). The van der Waals surface area contributed by atoms with Gasteiger partial charge in [0.15, 0.2) is 0 Å². The van der Waals surface area contributed by atoms with E-state index in [1.54, 1.807) is 29.2 Å². The van der Waals surface area contributed by atoms with Gasteiger partial charge in [0, 0.05) is 30.8 Å². The van der Waals surface area contributed by atoms with Gasteiger partial charge in [-0.25, -0.2) is 13.6 Å². The van der Waals surface area contributed by atoms with Gasteiger partial charge in [-0.2, -0.15) is 0 Å². The summed E-state index contributed by atoms with van der Waals surface area (Å²) in [6.07, 6.45) is 0.122. The molecular formula is C18H17F2N3O3. The summed E-state index contributed by atoms with van der Waals surface area (Å²) in [5.41, 5.74) is 0.529. The average molecular weight is 361 g/mol. The predicted octanol–water partition coefficient (Wildman–Crippen LogP) is 2.90. The molecule has 1 fully saturated rings. The number of halogens is 2. The number of amides is 3. The first-order valence-electron chi connectivity index (χ1n) is 7.93. The number of nitrogens with zero attached hydrogens (tertiary/aromatic N) is 1. The minimum absolute atomic E-state index is 0.122. The van der Waals surface area contributed by atoms with E-state index in [9.17, 15) is 18.4 Å². The molecule has 1 saturated heterocycles. The van der Waals surface area contributed by atoms with Crippen LogP contribution in [0.1, 0.15) is 6.42 Å². The Morgan fingerprint density at radius 2 is 2.04 bits per heavy atom. The van der Waals surface area contributed by atoms with E-state index in [-0.39, 0.29) is 24.6 Å². The molecule has 3 amide bonds. The number of benzene rings is 2. The monoisotopic (exact) mass is 361 g/mol. The first-order chi connectivity index (χ1) is 12.5. The Morgan fingerprint density at radius 1 is 1.23 bits per heavy atom. The van der Waals surface area contributed by atoms with Crippen molar-refractivity contribution in [3.8, 4) is 5.75 Å². The minimum atomic E-state index is -0.874. The molecule has 2 N–H and O–H groups in total. The van der Waals surface area contributed by atoms with Crippen LogP contribution in [0.25, 0.3) is 0 Å². The average Bonchev–Trinajstić information content (AvgIpc) is 2.97. The van der Waals surface area contributed by atoms with Crippen molar-refractivity contribution < 1.29 is 23.1 Å². The first-order valence-corrected chi connectivity index (χ1v) is 7.93. The van der Waals surface area contributed by atoms with Crippen LogP contribution in [0.2, 0.25) is 0 Å². The second-order valence-electron chi connectivity index (χ2n) is 5.83. The zero-order valence-corrected chi connectivity index (χ0v) is 14.0. The Kier molecular flexibility index (Phi) is 5.01. The van der Waals surface area contributed by atoms with Crippen LogP contribution >= 0.6 is 0 Å². The largest absolute Gasteiger partial charge is 0.497 e. The molecule has 26 heavy (non-hydrogen) atoms. The third-order valence-corrected chi connectivity index (χ3v) is 4.00. The van der Waals surface area contributed by atoms with Crippen LogP contribution in [0.5, 0.6) is 5.75 Å². The van der Waals surface area contributed by atoms with Gasteiger partial charge in [-0.1, -0.05) is 6.07 Å². The van der Waals surface area contributed by atoms with E-state index in [0.717, 1.165) is 12.1 Å². The van der Waals surface area contributed by atoms with Crippen molar-refractivity contribution in [2.24, 2.45) is 0 Å². The summed E-state index contributed by atoms with van der Waals surface area (Å²) in [6, 6.07) is 8.80. The molecular weight excluding hydrogens is 344 g/mol. The predicted molar refractivity (Wildman–Crippen MR) is 92.3 cm³/mol. The van der Waals surface area contributed by atoms with Gasteiger partial charge in [-0.05, 0) is 24.3 Å². The van der Waals surface area contributed by atoms with Crippen molar-refractivity contribution in [1.82, 2.24) is 5.32 Å². The molecule has 2 aromatic rings. The Hall–Kier alpha value is -3.16. The Labute approximate surface area is 148 Å². The summed E-state index contributed by atoms with van der Waals surface area (Å²) in [4.78, 5) is 25.8. The maximum absolute atomic E-state index is 13.6. The molecule has 8 heteroatoms. The second kappa shape index (κ2) is 7.38. The van der Waals surface area contributed by atoms with E-state index in [4.69, 9.17) is 4.74 Å². The van der Waals surface area contributed by atoms with E-state index < -0.39 is 23.7 Å². The van der Waals surface area contributed by atoms with Gasteiger partial charge >= 0.3 is 6.03 Å². The van der Waals surface area contributed by atoms with Crippen LogP contribution in [-0.2, 0) is 4.79 Å². The number of carbonyl (C=O) groups excluding carboxylic acids is 2. The maximum Gasteiger partial charge on any atom is 0.319 e. The maximum atomic E-state index is 13.6. The second-order valence-corrected chi connectivity index (χ2v) is 5.83. The molecule has 0 unspecified atom stereocenters. The summed E-state index contributed by atoms with van der Waals surface area (Å²) < 4.78 is 31.6. The third-order valence-electron chi connectivity index (χ3n) is 4.00. The van der Waals surface area contributed by atoms with Gasteiger partial charge < -0.3 is 20.3 Å². The minimum Gasteiger partial charge on any atom is -0.497 e. The lowest BCUT2D eigenvalue weighted by Crippen LogP contribution is -2.39. The zero-order chi connectivity index (χ0) is 18.7. The fraction of sp³-hybridized carbons (Fsp3) is 0.222. The number of rotatable bonds is 4. The first kappa shape index (κ1) is 17.7. The van der Waals surface area contributed by atoms with E-state index in [2.05, 4.69) is 10.6 Å². The molecule has 0 bridgehead atoms. The highest BCUT2D eigenvalue weighted by molar-refractivity contribution is 5.97. The smallest absolute Gasteiger partial charge is 0.319 e. The van der Waals surface area contributed by atoms with Gasteiger partial charge in [0.1, 0.15) is 17.4 Å². The van der Waals surface area contributed by atoms with Gasteiger partial charge in [0.05, 0.1) is 18.8 Å². The van der Waals surface area contributed by atoms with E-state index >= 15 is 0 Å². The SMILES string of the molecule is COc1cccc(N2C[C@@H](NC(=O)Nc3ccc(F)cc3F)CC2=O)c1. The number of nitrogens with one attached hydrogen (secondary N) is 2. The number of urea groups is 1. The zero-order valence-electron chi connectivity index (χ0n) is 14.0. The molecule has 6 nitrogen and oxygen atoms in total. The van der Waals surface area contributed by atoms with Gasteiger partial charge in [-0.3, -0.25) is 4.79 Å².